The van der Waals surface area contributed by atoms with Gasteiger partial charge in [-0.25, -0.2) is 13.6 Å². The standard InChI is InChI=1S/C21H19F2NO5/c1-20(2)9-15-16(7-13(19(26)27)8-17(15)29-20)28-14-5-3-12(4-6-14)18(25)24-10-21(22,23)11-24/h3-8H,9-11H2,1-2H3,(H,26,27). The fourth-order valence-corrected chi connectivity index (χ4v) is 3.49. The Hall–Kier alpha value is -3.16. The molecule has 0 unspecified atom stereocenters. The van der Waals surface area contributed by atoms with Gasteiger partial charge in [0.1, 0.15) is 22.8 Å². The Kier molecular flexibility index (Phi) is 4.25. The Morgan fingerprint density at radius 2 is 1.76 bits per heavy atom. The summed E-state index contributed by atoms with van der Waals surface area (Å²) >= 11 is 0. The van der Waals surface area contributed by atoms with Crippen LogP contribution >= 0.6 is 0 Å². The van der Waals surface area contributed by atoms with Gasteiger partial charge >= 0.3 is 5.97 Å². The number of carbonyl (C=O) groups is 2. The van der Waals surface area contributed by atoms with Crippen molar-refractivity contribution in [1.82, 2.24) is 4.90 Å². The summed E-state index contributed by atoms with van der Waals surface area (Å²) < 4.78 is 37.6. The summed E-state index contributed by atoms with van der Waals surface area (Å²) in [6.45, 7) is 2.65. The van der Waals surface area contributed by atoms with Crippen LogP contribution in [0.5, 0.6) is 17.2 Å². The van der Waals surface area contributed by atoms with Crippen LogP contribution in [0.25, 0.3) is 0 Å². The highest BCUT2D eigenvalue weighted by Crippen LogP contribution is 2.43. The van der Waals surface area contributed by atoms with Gasteiger partial charge in [0.05, 0.1) is 18.7 Å². The molecule has 0 aliphatic carbocycles. The minimum absolute atomic E-state index is 0.0435. The van der Waals surface area contributed by atoms with Crippen LogP contribution in [-0.2, 0) is 6.42 Å². The first-order chi connectivity index (χ1) is 13.5. The average Bonchev–Trinajstić information content (AvgIpc) is 2.94. The predicted molar refractivity (Wildman–Crippen MR) is 99.2 cm³/mol. The zero-order valence-corrected chi connectivity index (χ0v) is 15.9. The molecule has 0 spiro atoms. The van der Waals surface area contributed by atoms with E-state index in [-0.39, 0.29) is 11.1 Å². The van der Waals surface area contributed by atoms with Crippen LogP contribution in [0.3, 0.4) is 0 Å². The molecule has 6 nitrogen and oxygen atoms in total. The summed E-state index contributed by atoms with van der Waals surface area (Å²) in [5.41, 5.74) is 0.611. The maximum Gasteiger partial charge on any atom is 0.335 e. The molecular weight excluding hydrogens is 384 g/mol. The van der Waals surface area contributed by atoms with Crippen molar-refractivity contribution in [2.45, 2.75) is 31.8 Å². The van der Waals surface area contributed by atoms with Crippen LogP contribution in [0, 0.1) is 0 Å². The minimum Gasteiger partial charge on any atom is -0.487 e. The van der Waals surface area contributed by atoms with Gasteiger partial charge in [0.15, 0.2) is 0 Å². The average molecular weight is 403 g/mol. The van der Waals surface area contributed by atoms with Crippen LogP contribution < -0.4 is 9.47 Å². The molecular formula is C21H19F2NO5. The van der Waals surface area contributed by atoms with Crippen molar-refractivity contribution in [2.24, 2.45) is 0 Å². The number of hydrogen-bond donors (Lipinski definition) is 1. The second kappa shape index (κ2) is 6.43. The molecule has 0 atom stereocenters. The van der Waals surface area contributed by atoms with Crippen LogP contribution in [-0.4, -0.2) is 46.5 Å². The third-order valence-corrected chi connectivity index (χ3v) is 4.86. The summed E-state index contributed by atoms with van der Waals surface area (Å²) in [5, 5.41) is 9.35. The minimum atomic E-state index is -2.82. The van der Waals surface area contributed by atoms with Gasteiger partial charge in [-0.15, -0.1) is 0 Å². The van der Waals surface area contributed by atoms with Crippen molar-refractivity contribution in [2.75, 3.05) is 13.1 Å². The van der Waals surface area contributed by atoms with Crippen molar-refractivity contribution < 1.29 is 33.0 Å². The van der Waals surface area contributed by atoms with Crippen molar-refractivity contribution in [1.29, 1.82) is 0 Å². The lowest BCUT2D eigenvalue weighted by atomic mass is 10.00. The van der Waals surface area contributed by atoms with Crippen LogP contribution in [0.4, 0.5) is 8.78 Å². The van der Waals surface area contributed by atoms with E-state index in [1.807, 2.05) is 13.8 Å². The smallest absolute Gasteiger partial charge is 0.335 e. The number of benzene rings is 2. The molecule has 0 aromatic heterocycles. The van der Waals surface area contributed by atoms with Gasteiger partial charge in [-0.3, -0.25) is 4.79 Å². The number of fused-ring (bicyclic) bond motifs is 1. The second-order valence-corrected chi connectivity index (χ2v) is 7.94. The van der Waals surface area contributed by atoms with E-state index < -0.39 is 36.5 Å². The number of hydrogen-bond acceptors (Lipinski definition) is 4. The van der Waals surface area contributed by atoms with Gasteiger partial charge in [0.2, 0.25) is 0 Å². The third-order valence-electron chi connectivity index (χ3n) is 4.86. The highest BCUT2D eigenvalue weighted by molar-refractivity contribution is 5.95. The molecule has 2 heterocycles. The van der Waals surface area contributed by atoms with E-state index in [0.717, 1.165) is 10.5 Å². The lowest BCUT2D eigenvalue weighted by Gasteiger charge is -2.38. The van der Waals surface area contributed by atoms with Crippen LogP contribution in [0.1, 0.15) is 40.1 Å². The lowest BCUT2D eigenvalue weighted by Crippen LogP contribution is -2.58. The number of aromatic carboxylic acids is 1. The molecule has 8 heteroatoms. The molecule has 0 bridgehead atoms. The van der Waals surface area contributed by atoms with E-state index in [2.05, 4.69) is 0 Å². The highest BCUT2D eigenvalue weighted by Gasteiger charge is 2.46. The van der Waals surface area contributed by atoms with Gasteiger partial charge in [-0.1, -0.05) is 0 Å². The predicted octanol–water partition coefficient (Wildman–Crippen LogP) is 3.98. The molecule has 4 rings (SSSR count). The van der Waals surface area contributed by atoms with Gasteiger partial charge in [0, 0.05) is 17.5 Å². The molecule has 29 heavy (non-hydrogen) atoms. The van der Waals surface area contributed by atoms with Crippen molar-refractivity contribution in [3.63, 3.8) is 0 Å². The summed E-state index contributed by atoms with van der Waals surface area (Å²) in [6, 6.07) is 9.00. The van der Waals surface area contributed by atoms with Gasteiger partial charge in [0.25, 0.3) is 11.8 Å². The van der Waals surface area contributed by atoms with E-state index in [1.165, 1.54) is 24.3 Å². The number of amides is 1. The van der Waals surface area contributed by atoms with Crippen LogP contribution in [0.2, 0.25) is 0 Å². The molecule has 0 saturated carbocycles. The summed E-state index contributed by atoms with van der Waals surface area (Å²) in [4.78, 5) is 24.7. The number of nitrogens with zero attached hydrogens (tertiary/aromatic N) is 1. The Bertz CT molecular complexity index is 993. The fourth-order valence-electron chi connectivity index (χ4n) is 3.49. The van der Waals surface area contributed by atoms with Crippen molar-refractivity contribution >= 4 is 11.9 Å². The largest absolute Gasteiger partial charge is 0.487 e. The zero-order chi connectivity index (χ0) is 21.0. The van der Waals surface area contributed by atoms with E-state index >= 15 is 0 Å². The number of likely N-dealkylation sites (tertiary alicyclic amines) is 1. The first-order valence-electron chi connectivity index (χ1n) is 9.07. The van der Waals surface area contributed by atoms with Gasteiger partial charge < -0.3 is 19.5 Å². The Morgan fingerprint density at radius 1 is 1.10 bits per heavy atom. The van der Waals surface area contributed by atoms with Crippen LogP contribution in [0.15, 0.2) is 36.4 Å². The topological polar surface area (TPSA) is 76.1 Å². The number of rotatable bonds is 4. The summed E-state index contributed by atoms with van der Waals surface area (Å²) in [7, 11) is 0. The molecule has 1 saturated heterocycles. The third kappa shape index (κ3) is 3.74. The first-order valence-corrected chi connectivity index (χ1v) is 9.07. The molecule has 2 aromatic rings. The Balaban J connectivity index is 1.56. The lowest BCUT2D eigenvalue weighted by molar-refractivity contribution is -0.113. The molecule has 1 N–H and O–H groups in total. The number of carbonyl (C=O) groups excluding carboxylic acids is 1. The van der Waals surface area contributed by atoms with E-state index in [4.69, 9.17) is 9.47 Å². The fraction of sp³-hybridized carbons (Fsp3) is 0.333. The molecule has 0 radical (unpaired) electrons. The molecule has 2 aromatic carbocycles. The highest BCUT2D eigenvalue weighted by atomic mass is 19.3. The number of alkyl halides is 2. The maximum absolute atomic E-state index is 13.0. The van der Waals surface area contributed by atoms with E-state index in [9.17, 15) is 23.5 Å². The van der Waals surface area contributed by atoms with Crippen molar-refractivity contribution in [3.8, 4) is 17.2 Å². The number of halogens is 2. The number of carboxylic acid groups (broad SMARTS) is 1. The van der Waals surface area contributed by atoms with E-state index in [0.29, 0.717) is 23.7 Å². The number of ether oxygens (including phenoxy) is 2. The van der Waals surface area contributed by atoms with Crippen molar-refractivity contribution in [3.05, 3.63) is 53.1 Å². The summed E-state index contributed by atoms with van der Waals surface area (Å²) in [6.07, 6.45) is 0.553. The Labute approximate surface area is 165 Å². The van der Waals surface area contributed by atoms with E-state index in [1.54, 1.807) is 12.1 Å². The molecule has 1 amide bonds. The maximum atomic E-state index is 13.0. The number of carboxylic acids is 1. The normalized spacial score (nSPS) is 18.4. The molecule has 2 aliphatic rings. The van der Waals surface area contributed by atoms with Gasteiger partial charge in [-0.05, 0) is 50.2 Å². The van der Waals surface area contributed by atoms with Gasteiger partial charge in [-0.2, -0.15) is 0 Å². The second-order valence-electron chi connectivity index (χ2n) is 7.94. The summed E-state index contributed by atoms with van der Waals surface area (Å²) in [5.74, 6) is -3.15. The molecule has 152 valence electrons. The SMILES string of the molecule is CC1(C)Cc2c(Oc3ccc(C(=O)N4CC(F)(F)C4)cc3)cc(C(=O)O)cc2O1. The first kappa shape index (κ1) is 19.2. The zero-order valence-electron chi connectivity index (χ0n) is 15.9. The Morgan fingerprint density at radius 3 is 2.34 bits per heavy atom. The molecule has 2 aliphatic heterocycles. The molecule has 1 fully saturated rings. The monoisotopic (exact) mass is 403 g/mol. The quantitative estimate of drug-likeness (QED) is 0.836.